The molecule has 374 valence electrons. The van der Waals surface area contributed by atoms with Crippen molar-refractivity contribution >= 4 is 17.9 Å². The molecule has 64 heavy (non-hydrogen) atoms. The summed E-state index contributed by atoms with van der Waals surface area (Å²) in [5.41, 5.74) is -1.62. The number of aliphatic carboxylic acids is 2. The van der Waals surface area contributed by atoms with Crippen LogP contribution in [0.25, 0.3) is 0 Å². The van der Waals surface area contributed by atoms with E-state index in [0.29, 0.717) is 19.3 Å². The molecule has 0 spiro atoms. The molecule has 0 fully saturated rings. The third kappa shape index (κ3) is 38.9. The molecule has 1 unspecified atom stereocenters. The highest BCUT2D eigenvalue weighted by Crippen LogP contribution is 2.38. The molecule has 0 saturated carbocycles. The maximum atomic E-state index is 13.2. The van der Waals surface area contributed by atoms with Crippen LogP contribution < -0.4 is 0 Å². The molecule has 1 atom stereocenters. The Balaban J connectivity index is 4.92. The number of carboxylic acid groups (broad SMARTS) is 2. The summed E-state index contributed by atoms with van der Waals surface area (Å²) in [7, 11) is 0. The summed E-state index contributed by atoms with van der Waals surface area (Å²) in [5, 5.41) is 21.2. The highest BCUT2D eigenvalue weighted by atomic mass is 16.6. The molecule has 0 heterocycles. The molecule has 0 amide bonds. The molecule has 6 heteroatoms. The van der Waals surface area contributed by atoms with Crippen LogP contribution in [-0.4, -0.2) is 34.2 Å². The van der Waals surface area contributed by atoms with Gasteiger partial charge in [-0.3, -0.25) is 9.59 Å². The Morgan fingerprint density at radius 3 is 0.891 bits per heavy atom. The number of rotatable bonds is 51. The lowest BCUT2D eigenvalue weighted by Crippen LogP contribution is -2.49. The van der Waals surface area contributed by atoms with Crippen molar-refractivity contribution in [1.82, 2.24) is 0 Å². The van der Waals surface area contributed by atoms with Crippen molar-refractivity contribution in [3.63, 3.8) is 0 Å². The first kappa shape index (κ1) is 61.6. The fraction of sp³-hybridized carbons (Fsp3) is 0.845. The van der Waals surface area contributed by atoms with E-state index in [4.69, 9.17) is 4.74 Å². The molecule has 0 aromatic carbocycles. The minimum Gasteiger partial charge on any atom is -0.481 e. The highest BCUT2D eigenvalue weighted by molar-refractivity contribution is 5.87. The van der Waals surface area contributed by atoms with Crippen molar-refractivity contribution < 1.29 is 29.3 Å². The fourth-order valence-electron chi connectivity index (χ4n) is 9.02. The first-order valence-electron chi connectivity index (χ1n) is 28.0. The summed E-state index contributed by atoms with van der Waals surface area (Å²) >= 11 is 0. The van der Waals surface area contributed by atoms with Crippen molar-refractivity contribution in [2.75, 3.05) is 0 Å². The van der Waals surface area contributed by atoms with E-state index in [0.717, 1.165) is 109 Å². The third-order valence-corrected chi connectivity index (χ3v) is 13.3. The second-order valence-electron chi connectivity index (χ2n) is 19.4. The van der Waals surface area contributed by atoms with E-state index in [9.17, 15) is 24.6 Å². The average molecular weight is 899 g/mol. The quantitative estimate of drug-likeness (QED) is 0.0358. The second-order valence-corrected chi connectivity index (χ2v) is 19.4. The molecule has 0 rings (SSSR count). The Morgan fingerprint density at radius 1 is 0.375 bits per heavy atom. The number of carboxylic acids is 2. The summed E-state index contributed by atoms with van der Waals surface area (Å²) in [6.45, 7) is 6.77. The van der Waals surface area contributed by atoms with Crippen molar-refractivity contribution in [1.29, 1.82) is 0 Å². The second kappa shape index (κ2) is 48.6. The Bertz CT molecular complexity index is 1080. The van der Waals surface area contributed by atoms with Crippen molar-refractivity contribution in [2.24, 2.45) is 5.41 Å². The lowest BCUT2D eigenvalue weighted by atomic mass is 9.73. The molecule has 0 saturated heterocycles. The predicted octanol–water partition coefficient (Wildman–Crippen LogP) is 18.9. The lowest BCUT2D eigenvalue weighted by Gasteiger charge is -2.34. The summed E-state index contributed by atoms with van der Waals surface area (Å²) in [6, 6.07) is 0. The van der Waals surface area contributed by atoms with Gasteiger partial charge in [0, 0.05) is 6.42 Å². The van der Waals surface area contributed by atoms with E-state index >= 15 is 0 Å². The van der Waals surface area contributed by atoms with Crippen molar-refractivity contribution in [3.8, 4) is 0 Å². The lowest BCUT2D eigenvalue weighted by molar-refractivity contribution is -0.184. The van der Waals surface area contributed by atoms with Gasteiger partial charge in [-0.05, 0) is 96.3 Å². The van der Waals surface area contributed by atoms with Gasteiger partial charge in [0.2, 0.25) is 6.10 Å². The molecule has 6 nitrogen and oxygen atoms in total. The van der Waals surface area contributed by atoms with Crippen LogP contribution in [0.5, 0.6) is 0 Å². The number of ether oxygens (including phenoxy) is 1. The smallest absolute Gasteiger partial charge is 0.346 e. The summed E-state index contributed by atoms with van der Waals surface area (Å²) in [4.78, 5) is 39.1. The average Bonchev–Trinajstić information content (AvgIpc) is 3.28. The number of hydrogen-bond donors (Lipinski definition) is 2. The van der Waals surface area contributed by atoms with Gasteiger partial charge in [-0.25, -0.2) is 4.79 Å². The molecular weight excluding hydrogens is 793 g/mol. The van der Waals surface area contributed by atoms with Crippen LogP contribution in [0.15, 0.2) is 36.5 Å². The number of carbonyl (C=O) groups excluding carboxylic acids is 1. The third-order valence-electron chi connectivity index (χ3n) is 13.3. The Morgan fingerprint density at radius 2 is 0.625 bits per heavy atom. The largest absolute Gasteiger partial charge is 0.481 e. The standard InChI is InChI=1S/C58H106O6/c1-4-7-10-13-16-19-22-25-28-31-34-37-40-43-46-49-52-58(57(62)63,53-50-47-44-41-38-35-32-29-26-23-20-17-14-11-8-5-2)55(56(60)61)64-54(59)51-48-45-42-39-36-33-30-27-24-21-18-15-12-9-6-3/h25-30,55H,4-24,31-53H2,1-3H3,(H,60,61)(H,62,63)/b28-25-,29-26-,30-27-. The molecular formula is C58H106O6. The SMILES string of the molecule is CCCCCCCC/C=C\CCCCCCCCC(CCCCCCCC/C=C\CCCCCCCC)(C(=O)O)C(OC(=O)CCCCCCC/C=C\CCCCCCCC)C(=O)O. The van der Waals surface area contributed by atoms with Gasteiger partial charge in [-0.2, -0.15) is 0 Å². The van der Waals surface area contributed by atoms with Gasteiger partial charge in [-0.15, -0.1) is 0 Å². The number of hydrogen-bond acceptors (Lipinski definition) is 4. The summed E-state index contributed by atoms with van der Waals surface area (Å²) in [5.74, 6) is -3.07. The molecule has 0 aromatic rings. The van der Waals surface area contributed by atoms with Gasteiger partial charge in [0.15, 0.2) is 0 Å². The predicted molar refractivity (Wildman–Crippen MR) is 275 cm³/mol. The molecule has 0 aliphatic carbocycles. The van der Waals surface area contributed by atoms with E-state index in [1.165, 1.54) is 135 Å². The maximum Gasteiger partial charge on any atom is 0.346 e. The van der Waals surface area contributed by atoms with Crippen LogP contribution in [0, 0.1) is 5.41 Å². The van der Waals surface area contributed by atoms with Crippen LogP contribution in [0.1, 0.15) is 303 Å². The number of esters is 1. The zero-order chi connectivity index (χ0) is 46.9. The first-order chi connectivity index (χ1) is 31.4. The monoisotopic (exact) mass is 899 g/mol. The highest BCUT2D eigenvalue weighted by Gasteiger charge is 2.51. The van der Waals surface area contributed by atoms with Crippen LogP contribution >= 0.6 is 0 Å². The van der Waals surface area contributed by atoms with Crippen LogP contribution in [0.2, 0.25) is 0 Å². The molecule has 0 aromatic heterocycles. The normalized spacial score (nSPS) is 12.6. The number of carbonyl (C=O) groups is 3. The Kier molecular flexibility index (Phi) is 46.8. The molecule has 0 aliphatic heterocycles. The van der Waals surface area contributed by atoms with Gasteiger partial charge < -0.3 is 14.9 Å². The number of allylic oxidation sites excluding steroid dienone is 6. The topological polar surface area (TPSA) is 101 Å². The van der Waals surface area contributed by atoms with E-state index in [-0.39, 0.29) is 19.3 Å². The van der Waals surface area contributed by atoms with E-state index in [1.54, 1.807) is 0 Å². The van der Waals surface area contributed by atoms with E-state index in [1.807, 2.05) is 0 Å². The summed E-state index contributed by atoms with van der Waals surface area (Å²) in [6.07, 6.45) is 60.1. The first-order valence-corrected chi connectivity index (χ1v) is 28.0. The van der Waals surface area contributed by atoms with Crippen LogP contribution in [0.4, 0.5) is 0 Å². The van der Waals surface area contributed by atoms with Gasteiger partial charge >= 0.3 is 17.9 Å². The molecule has 0 radical (unpaired) electrons. The Labute approximate surface area is 397 Å². The molecule has 0 aliphatic rings. The zero-order valence-corrected chi connectivity index (χ0v) is 42.7. The summed E-state index contributed by atoms with van der Waals surface area (Å²) < 4.78 is 5.68. The number of unbranched alkanes of at least 4 members (excludes halogenated alkanes) is 35. The minimum absolute atomic E-state index is 0.125. The minimum atomic E-state index is -1.67. The van der Waals surface area contributed by atoms with Gasteiger partial charge in [0.1, 0.15) is 5.41 Å². The fourth-order valence-corrected chi connectivity index (χ4v) is 9.02. The van der Waals surface area contributed by atoms with Gasteiger partial charge in [0.05, 0.1) is 0 Å². The Hall–Kier alpha value is -2.37. The molecule has 0 bridgehead atoms. The van der Waals surface area contributed by atoms with Crippen molar-refractivity contribution in [3.05, 3.63) is 36.5 Å². The van der Waals surface area contributed by atoms with Crippen LogP contribution in [-0.2, 0) is 19.1 Å². The van der Waals surface area contributed by atoms with Crippen molar-refractivity contribution in [2.45, 2.75) is 309 Å². The maximum absolute atomic E-state index is 13.2. The van der Waals surface area contributed by atoms with E-state index < -0.39 is 29.4 Å². The van der Waals surface area contributed by atoms with Crippen LogP contribution in [0.3, 0.4) is 0 Å². The van der Waals surface area contributed by atoms with Gasteiger partial charge in [0.25, 0.3) is 0 Å². The zero-order valence-electron chi connectivity index (χ0n) is 42.7. The van der Waals surface area contributed by atoms with E-state index in [2.05, 4.69) is 57.2 Å². The van der Waals surface area contributed by atoms with Gasteiger partial charge in [-0.1, -0.05) is 237 Å². The molecule has 2 N–H and O–H groups in total.